The molecule has 1 aromatic rings. The number of carbonyl (C=O) groups is 3. The minimum atomic E-state index is -4.59. The topological polar surface area (TPSA) is 91.0 Å². The Kier molecular flexibility index (Phi) is 5.44. The van der Waals surface area contributed by atoms with Gasteiger partial charge in [-0.1, -0.05) is 0 Å². The van der Waals surface area contributed by atoms with Crippen molar-refractivity contribution < 1.29 is 32.3 Å². The number of halogens is 3. The second-order valence-corrected chi connectivity index (χ2v) is 7.32. The maximum Gasteiger partial charge on any atom is 0.416 e. The summed E-state index contributed by atoms with van der Waals surface area (Å²) in [7, 11) is 0. The fourth-order valence-electron chi connectivity index (χ4n) is 3.19. The molecular formula is C18H21F3N4O4. The zero-order valence-electron chi connectivity index (χ0n) is 15.9. The summed E-state index contributed by atoms with van der Waals surface area (Å²) in [5.74, 6) is -1.37. The van der Waals surface area contributed by atoms with E-state index in [1.54, 1.807) is 4.90 Å². The molecule has 2 aliphatic rings. The number of ether oxygens (including phenoxy) is 1. The summed E-state index contributed by atoms with van der Waals surface area (Å²) in [5.41, 5.74) is -1.70. The summed E-state index contributed by atoms with van der Waals surface area (Å²) in [6.07, 6.45) is -4.59. The van der Waals surface area contributed by atoms with Crippen molar-refractivity contribution in [1.29, 1.82) is 0 Å². The lowest BCUT2D eigenvalue weighted by molar-refractivity contribution is -0.137. The van der Waals surface area contributed by atoms with Crippen LogP contribution >= 0.6 is 0 Å². The Hall–Kier alpha value is -2.82. The highest BCUT2D eigenvalue weighted by molar-refractivity contribution is 6.10. The van der Waals surface area contributed by atoms with Crippen LogP contribution in [0, 0.1) is 0 Å². The fourth-order valence-corrected chi connectivity index (χ4v) is 3.19. The Balaban J connectivity index is 1.83. The number of nitrogens with zero attached hydrogens (tertiary/aromatic N) is 2. The summed E-state index contributed by atoms with van der Waals surface area (Å²) >= 11 is 0. The van der Waals surface area contributed by atoms with Gasteiger partial charge in [-0.05, 0) is 32.0 Å². The molecule has 2 heterocycles. The number of amides is 4. The Morgan fingerprint density at radius 1 is 1.24 bits per heavy atom. The molecule has 0 aliphatic carbocycles. The number of benzene rings is 1. The predicted molar refractivity (Wildman–Crippen MR) is 97.4 cm³/mol. The molecule has 0 radical (unpaired) electrons. The third kappa shape index (κ3) is 4.44. The van der Waals surface area contributed by atoms with E-state index in [2.05, 4.69) is 10.6 Å². The van der Waals surface area contributed by atoms with Crippen molar-refractivity contribution >= 4 is 29.2 Å². The number of imide groups is 1. The van der Waals surface area contributed by atoms with Gasteiger partial charge in [0.05, 0.1) is 30.2 Å². The van der Waals surface area contributed by atoms with Crippen molar-refractivity contribution in [2.75, 3.05) is 43.1 Å². The van der Waals surface area contributed by atoms with Crippen molar-refractivity contribution in [1.82, 2.24) is 10.2 Å². The monoisotopic (exact) mass is 414 g/mol. The highest BCUT2D eigenvalue weighted by Crippen LogP contribution is 2.35. The van der Waals surface area contributed by atoms with Gasteiger partial charge in [-0.2, -0.15) is 13.2 Å². The first-order valence-electron chi connectivity index (χ1n) is 8.97. The van der Waals surface area contributed by atoms with Gasteiger partial charge in [0.15, 0.2) is 0 Å². The largest absolute Gasteiger partial charge is 0.416 e. The average molecular weight is 414 g/mol. The molecule has 8 nitrogen and oxygen atoms in total. The number of nitrogens with one attached hydrogen (secondary N) is 2. The van der Waals surface area contributed by atoms with E-state index in [1.165, 1.54) is 19.9 Å². The second kappa shape index (κ2) is 7.54. The maximum absolute atomic E-state index is 13.1. The average Bonchev–Trinajstić information content (AvgIpc) is 2.83. The van der Waals surface area contributed by atoms with Gasteiger partial charge in [0.1, 0.15) is 12.1 Å². The van der Waals surface area contributed by atoms with Gasteiger partial charge >= 0.3 is 12.2 Å². The van der Waals surface area contributed by atoms with Crippen molar-refractivity contribution in [2.45, 2.75) is 25.6 Å². The van der Waals surface area contributed by atoms with Crippen LogP contribution in [0.4, 0.5) is 29.3 Å². The zero-order valence-corrected chi connectivity index (χ0v) is 15.9. The summed E-state index contributed by atoms with van der Waals surface area (Å²) in [6, 6.07) is 2.35. The normalized spacial score (nSPS) is 19.3. The number of hydrogen-bond donors (Lipinski definition) is 2. The molecule has 11 heteroatoms. The molecule has 3 rings (SSSR count). The summed E-state index contributed by atoms with van der Waals surface area (Å²) in [5, 5.41) is 4.86. The molecule has 1 aromatic carbocycles. The first-order chi connectivity index (χ1) is 13.5. The Morgan fingerprint density at radius 3 is 2.45 bits per heavy atom. The molecule has 2 saturated heterocycles. The van der Waals surface area contributed by atoms with E-state index in [1.807, 2.05) is 0 Å². The highest BCUT2D eigenvalue weighted by Gasteiger charge is 2.45. The molecule has 0 aromatic heterocycles. The van der Waals surface area contributed by atoms with E-state index in [0.717, 1.165) is 17.0 Å². The molecular weight excluding hydrogens is 393 g/mol. The molecule has 2 N–H and O–H groups in total. The molecule has 0 unspecified atom stereocenters. The van der Waals surface area contributed by atoms with Gasteiger partial charge in [-0.3, -0.25) is 14.5 Å². The lowest BCUT2D eigenvalue weighted by Crippen LogP contribution is -2.42. The van der Waals surface area contributed by atoms with Crippen LogP contribution in [-0.4, -0.2) is 61.1 Å². The van der Waals surface area contributed by atoms with Crippen LogP contribution in [0.3, 0.4) is 0 Å². The number of urea groups is 1. The Labute approximate surface area is 165 Å². The minimum absolute atomic E-state index is 0.0435. The SMILES string of the molecule is CC1(C)NC(=O)N(CC(=O)Nc2cc(C(F)(F)F)ccc2N2CCOCC2)C1=O. The minimum Gasteiger partial charge on any atom is -0.378 e. The third-order valence-electron chi connectivity index (χ3n) is 4.70. The van der Waals surface area contributed by atoms with Crippen molar-refractivity contribution in [2.24, 2.45) is 0 Å². The van der Waals surface area contributed by atoms with Crippen molar-refractivity contribution in [3.8, 4) is 0 Å². The van der Waals surface area contributed by atoms with Crippen LogP contribution in [0.5, 0.6) is 0 Å². The number of alkyl halides is 3. The zero-order chi connectivity index (χ0) is 21.4. The summed E-state index contributed by atoms with van der Waals surface area (Å²) < 4.78 is 44.7. The van der Waals surface area contributed by atoms with Crippen LogP contribution in [0.1, 0.15) is 19.4 Å². The van der Waals surface area contributed by atoms with Gasteiger partial charge in [0.2, 0.25) is 5.91 Å². The van der Waals surface area contributed by atoms with Gasteiger partial charge < -0.3 is 20.3 Å². The van der Waals surface area contributed by atoms with Gasteiger partial charge in [0, 0.05) is 13.1 Å². The van der Waals surface area contributed by atoms with E-state index in [9.17, 15) is 27.6 Å². The quantitative estimate of drug-likeness (QED) is 0.734. The van der Waals surface area contributed by atoms with Gasteiger partial charge in [0.25, 0.3) is 5.91 Å². The van der Waals surface area contributed by atoms with E-state index in [0.29, 0.717) is 32.0 Å². The number of hydrogen-bond acceptors (Lipinski definition) is 5. The number of morpholine rings is 1. The van der Waals surface area contributed by atoms with Crippen LogP contribution in [-0.2, 0) is 20.5 Å². The smallest absolute Gasteiger partial charge is 0.378 e. The third-order valence-corrected chi connectivity index (χ3v) is 4.70. The second-order valence-electron chi connectivity index (χ2n) is 7.32. The van der Waals surface area contributed by atoms with E-state index in [-0.39, 0.29) is 5.69 Å². The van der Waals surface area contributed by atoms with Crippen LogP contribution in [0.25, 0.3) is 0 Å². The van der Waals surface area contributed by atoms with Crippen LogP contribution < -0.4 is 15.5 Å². The molecule has 2 fully saturated rings. The molecule has 0 saturated carbocycles. The standard InChI is InChI=1S/C18H21F3N4O4/c1-17(2)15(27)25(16(28)23-17)10-14(26)22-12-9-11(18(19,20)21)3-4-13(12)24-5-7-29-8-6-24/h3-4,9H,5-8,10H2,1-2H3,(H,22,26)(H,23,28). The first-order valence-corrected chi connectivity index (χ1v) is 8.97. The molecule has 0 bridgehead atoms. The molecule has 0 atom stereocenters. The number of anilines is 2. The Bertz CT molecular complexity index is 835. The summed E-state index contributed by atoms with van der Waals surface area (Å²) in [6.45, 7) is 4.11. The van der Waals surface area contributed by atoms with Crippen LogP contribution in [0.15, 0.2) is 18.2 Å². The fraction of sp³-hybridized carbons (Fsp3) is 0.500. The van der Waals surface area contributed by atoms with Crippen molar-refractivity contribution in [3.05, 3.63) is 23.8 Å². The number of carbonyl (C=O) groups excluding carboxylic acids is 3. The molecule has 0 spiro atoms. The summed E-state index contributed by atoms with van der Waals surface area (Å²) in [4.78, 5) is 39.1. The van der Waals surface area contributed by atoms with E-state index >= 15 is 0 Å². The molecule has 4 amide bonds. The van der Waals surface area contributed by atoms with Gasteiger partial charge in [-0.25, -0.2) is 4.79 Å². The molecule has 2 aliphatic heterocycles. The van der Waals surface area contributed by atoms with Gasteiger partial charge in [-0.15, -0.1) is 0 Å². The molecule has 158 valence electrons. The lowest BCUT2D eigenvalue weighted by Gasteiger charge is -2.31. The molecule has 29 heavy (non-hydrogen) atoms. The maximum atomic E-state index is 13.1. The highest BCUT2D eigenvalue weighted by atomic mass is 19.4. The predicted octanol–water partition coefficient (Wildman–Crippen LogP) is 1.81. The van der Waals surface area contributed by atoms with Crippen LogP contribution in [0.2, 0.25) is 0 Å². The van der Waals surface area contributed by atoms with E-state index < -0.39 is 41.7 Å². The Morgan fingerprint density at radius 2 is 1.90 bits per heavy atom. The van der Waals surface area contributed by atoms with Crippen molar-refractivity contribution in [3.63, 3.8) is 0 Å². The lowest BCUT2D eigenvalue weighted by atomic mass is 10.1. The number of rotatable bonds is 4. The first kappa shape index (κ1) is 20.9. The van der Waals surface area contributed by atoms with E-state index in [4.69, 9.17) is 4.74 Å².